The van der Waals surface area contributed by atoms with Gasteiger partial charge in [-0.2, -0.15) is 5.26 Å². The predicted octanol–water partition coefficient (Wildman–Crippen LogP) is 0.982. The zero-order valence-electron chi connectivity index (χ0n) is 4.67. The lowest BCUT2D eigenvalue weighted by atomic mass is 10.2. The molecule has 1 unspecified atom stereocenters. The normalized spacial score (nSPS) is 12.0. The summed E-state index contributed by atoms with van der Waals surface area (Å²) in [6.45, 7) is 0. The van der Waals surface area contributed by atoms with Gasteiger partial charge in [-0.3, -0.25) is 4.79 Å². The number of rotatable bonds is 3. The topological polar surface area (TPSA) is 61.1 Å². The molecule has 0 aliphatic rings. The first kappa shape index (κ1) is 8.25. The largest absolute Gasteiger partial charge is 0.481 e. The van der Waals surface area contributed by atoms with E-state index in [0.29, 0.717) is 0 Å². The maximum Gasteiger partial charge on any atom is 0.303 e. The number of nitriles is 1. The van der Waals surface area contributed by atoms with Crippen LogP contribution in [-0.4, -0.2) is 16.5 Å². The predicted molar refractivity (Wildman–Crippen MR) is 32.1 cm³/mol. The van der Waals surface area contributed by atoms with Crippen molar-refractivity contribution in [2.24, 2.45) is 0 Å². The van der Waals surface area contributed by atoms with Gasteiger partial charge in [0.25, 0.3) is 0 Å². The van der Waals surface area contributed by atoms with E-state index in [-0.39, 0.29) is 12.8 Å². The van der Waals surface area contributed by atoms with E-state index in [9.17, 15) is 4.79 Å². The number of hydrogen-bond acceptors (Lipinski definition) is 2. The molecule has 0 aromatic rings. The van der Waals surface area contributed by atoms with Crippen molar-refractivity contribution in [2.75, 3.05) is 0 Å². The van der Waals surface area contributed by atoms with Crippen LogP contribution in [0.1, 0.15) is 12.8 Å². The van der Waals surface area contributed by atoms with Gasteiger partial charge < -0.3 is 5.11 Å². The first-order chi connectivity index (χ1) is 4.16. The van der Waals surface area contributed by atoms with Crippen LogP contribution in [0.5, 0.6) is 0 Å². The number of carboxylic acid groups (broad SMARTS) is 1. The zero-order valence-corrected chi connectivity index (χ0v) is 5.43. The van der Waals surface area contributed by atoms with Crippen LogP contribution in [0.25, 0.3) is 0 Å². The highest BCUT2D eigenvalue weighted by Gasteiger charge is 2.04. The van der Waals surface area contributed by atoms with E-state index in [0.717, 1.165) is 0 Å². The number of carbonyl (C=O) groups is 1. The van der Waals surface area contributed by atoms with Crippen molar-refractivity contribution >= 4 is 17.6 Å². The molecule has 0 saturated heterocycles. The van der Waals surface area contributed by atoms with Crippen LogP contribution < -0.4 is 0 Å². The van der Waals surface area contributed by atoms with Gasteiger partial charge >= 0.3 is 5.97 Å². The quantitative estimate of drug-likeness (QED) is 0.606. The summed E-state index contributed by atoms with van der Waals surface area (Å²) in [5.41, 5.74) is 0. The highest BCUT2D eigenvalue weighted by atomic mass is 35.5. The molecule has 0 aromatic heterocycles. The Kier molecular flexibility index (Phi) is 3.81. The molecule has 0 saturated carbocycles. The molecule has 0 radical (unpaired) electrons. The van der Waals surface area contributed by atoms with Gasteiger partial charge in [-0.1, -0.05) is 0 Å². The smallest absolute Gasteiger partial charge is 0.303 e. The van der Waals surface area contributed by atoms with E-state index in [4.69, 9.17) is 22.0 Å². The summed E-state index contributed by atoms with van der Waals surface area (Å²) in [6, 6.07) is 1.72. The van der Waals surface area contributed by atoms with Crippen molar-refractivity contribution in [3.63, 3.8) is 0 Å². The summed E-state index contributed by atoms with van der Waals surface area (Å²) in [5, 5.41) is 15.5. The summed E-state index contributed by atoms with van der Waals surface area (Å²) < 4.78 is 0. The summed E-state index contributed by atoms with van der Waals surface area (Å²) in [6.07, 6.45) is 0.176. The van der Waals surface area contributed by atoms with Crippen molar-refractivity contribution in [3.8, 4) is 6.07 Å². The summed E-state index contributed by atoms with van der Waals surface area (Å²) >= 11 is 5.28. The standard InChI is InChI=1S/C5H6ClNO2/c6-4(3-7)1-2-5(8)9/h4H,1-2H2,(H,8,9). The fraction of sp³-hybridized carbons (Fsp3) is 0.600. The Hall–Kier alpha value is -0.750. The third-order valence-electron chi connectivity index (χ3n) is 0.752. The molecule has 0 rings (SSSR count). The van der Waals surface area contributed by atoms with Gasteiger partial charge in [0.05, 0.1) is 6.07 Å². The highest BCUT2D eigenvalue weighted by molar-refractivity contribution is 6.22. The maximum absolute atomic E-state index is 9.85. The number of carboxylic acids is 1. The molecule has 4 heteroatoms. The third kappa shape index (κ3) is 5.12. The van der Waals surface area contributed by atoms with Crippen LogP contribution >= 0.6 is 11.6 Å². The van der Waals surface area contributed by atoms with Crippen LogP contribution in [0.3, 0.4) is 0 Å². The fourth-order valence-electron chi connectivity index (χ4n) is 0.315. The second-order valence-electron chi connectivity index (χ2n) is 1.53. The Morgan fingerprint density at radius 1 is 1.89 bits per heavy atom. The molecule has 1 atom stereocenters. The average molecular weight is 148 g/mol. The first-order valence-electron chi connectivity index (χ1n) is 2.42. The van der Waals surface area contributed by atoms with Crippen LogP contribution in [0, 0.1) is 11.3 Å². The van der Waals surface area contributed by atoms with Crippen molar-refractivity contribution in [1.82, 2.24) is 0 Å². The van der Waals surface area contributed by atoms with Crippen LogP contribution in [-0.2, 0) is 4.79 Å². The van der Waals surface area contributed by atoms with Gasteiger partial charge in [-0.25, -0.2) is 0 Å². The third-order valence-corrected chi connectivity index (χ3v) is 1.07. The summed E-state index contributed by atoms with van der Waals surface area (Å²) in [7, 11) is 0. The maximum atomic E-state index is 9.85. The molecule has 0 amide bonds. The molecule has 50 valence electrons. The summed E-state index contributed by atoms with van der Waals surface area (Å²) in [4.78, 5) is 9.85. The minimum Gasteiger partial charge on any atom is -0.481 e. The van der Waals surface area contributed by atoms with E-state index >= 15 is 0 Å². The fourth-order valence-corrected chi connectivity index (χ4v) is 0.424. The second kappa shape index (κ2) is 4.16. The van der Waals surface area contributed by atoms with Crippen molar-refractivity contribution in [1.29, 1.82) is 5.26 Å². The van der Waals surface area contributed by atoms with Gasteiger partial charge in [0, 0.05) is 6.42 Å². The molecule has 1 N–H and O–H groups in total. The molecule has 3 nitrogen and oxygen atoms in total. The molecule has 9 heavy (non-hydrogen) atoms. The second-order valence-corrected chi connectivity index (χ2v) is 2.06. The Morgan fingerprint density at radius 2 is 2.44 bits per heavy atom. The summed E-state index contributed by atoms with van der Waals surface area (Å²) in [5.74, 6) is -0.920. The molecule has 0 aromatic carbocycles. The molecular weight excluding hydrogens is 142 g/mol. The molecule has 0 aliphatic carbocycles. The minimum absolute atomic E-state index is 0.0400. The minimum atomic E-state index is -0.920. The van der Waals surface area contributed by atoms with E-state index in [1.54, 1.807) is 6.07 Å². The van der Waals surface area contributed by atoms with Crippen LogP contribution in [0.2, 0.25) is 0 Å². The average Bonchev–Trinajstić information content (AvgIpc) is 1.83. The van der Waals surface area contributed by atoms with Gasteiger partial charge in [0.15, 0.2) is 0 Å². The Labute approximate surface area is 57.9 Å². The molecular formula is C5H6ClNO2. The Morgan fingerprint density at radius 3 is 2.78 bits per heavy atom. The Balaban J connectivity index is 3.30. The number of halogens is 1. The molecule has 0 spiro atoms. The van der Waals surface area contributed by atoms with Crippen LogP contribution in [0.15, 0.2) is 0 Å². The molecule has 0 heterocycles. The first-order valence-corrected chi connectivity index (χ1v) is 2.86. The van der Waals surface area contributed by atoms with E-state index in [1.807, 2.05) is 0 Å². The highest BCUT2D eigenvalue weighted by Crippen LogP contribution is 2.02. The lowest BCUT2D eigenvalue weighted by Crippen LogP contribution is -2.00. The molecule has 0 fully saturated rings. The van der Waals surface area contributed by atoms with Gasteiger partial charge in [0.1, 0.15) is 5.38 Å². The van der Waals surface area contributed by atoms with Crippen molar-refractivity contribution in [3.05, 3.63) is 0 Å². The SMILES string of the molecule is N#CC(Cl)CCC(=O)O. The number of alkyl halides is 1. The number of nitrogens with zero attached hydrogens (tertiary/aromatic N) is 1. The molecule has 0 bridgehead atoms. The zero-order chi connectivity index (χ0) is 7.28. The monoisotopic (exact) mass is 147 g/mol. The van der Waals surface area contributed by atoms with E-state index in [2.05, 4.69) is 0 Å². The Bertz CT molecular complexity index is 140. The lowest BCUT2D eigenvalue weighted by Gasteiger charge is -1.93. The lowest BCUT2D eigenvalue weighted by molar-refractivity contribution is -0.137. The van der Waals surface area contributed by atoms with Gasteiger partial charge in [0.2, 0.25) is 0 Å². The van der Waals surface area contributed by atoms with Gasteiger partial charge in [-0.05, 0) is 6.42 Å². The van der Waals surface area contributed by atoms with E-state index < -0.39 is 11.3 Å². The number of hydrogen-bond donors (Lipinski definition) is 1. The van der Waals surface area contributed by atoms with Crippen molar-refractivity contribution < 1.29 is 9.90 Å². The molecule has 0 aliphatic heterocycles. The van der Waals surface area contributed by atoms with Crippen molar-refractivity contribution in [2.45, 2.75) is 18.2 Å². The van der Waals surface area contributed by atoms with Crippen LogP contribution in [0.4, 0.5) is 0 Å². The number of aliphatic carboxylic acids is 1. The van der Waals surface area contributed by atoms with E-state index in [1.165, 1.54) is 0 Å². The van der Waals surface area contributed by atoms with Gasteiger partial charge in [-0.15, -0.1) is 11.6 Å².